The van der Waals surface area contributed by atoms with Crippen LogP contribution < -0.4 is 5.32 Å². The SMILES string of the molecule is C.O=C1NCCc2[nH]c(-c3ccnc(/C=C/c4cccc(C(=O)N5CCOCC5)c4)c3)cc21. The Kier molecular flexibility index (Phi) is 6.70. The van der Waals surface area contributed by atoms with E-state index in [1.54, 1.807) is 6.20 Å². The number of fused-ring (bicyclic) bond motifs is 1. The summed E-state index contributed by atoms with van der Waals surface area (Å²) in [6.07, 6.45) is 6.44. The van der Waals surface area contributed by atoms with Crippen molar-refractivity contribution in [1.29, 1.82) is 0 Å². The Hall–Kier alpha value is -3.71. The van der Waals surface area contributed by atoms with Crippen molar-refractivity contribution in [3.8, 4) is 11.3 Å². The zero-order valence-corrected chi connectivity index (χ0v) is 17.6. The molecule has 0 aliphatic carbocycles. The third-order valence-electron chi connectivity index (χ3n) is 5.78. The number of benzene rings is 1. The van der Waals surface area contributed by atoms with Gasteiger partial charge in [0.2, 0.25) is 0 Å². The molecule has 7 heteroatoms. The number of morpholine rings is 1. The minimum absolute atomic E-state index is 0. The number of nitrogens with one attached hydrogen (secondary N) is 2. The average molecular weight is 445 g/mol. The predicted octanol–water partition coefficient (Wildman–Crippen LogP) is 3.64. The molecule has 33 heavy (non-hydrogen) atoms. The number of carbonyl (C=O) groups is 2. The molecule has 2 amide bonds. The highest BCUT2D eigenvalue weighted by atomic mass is 16.5. The Morgan fingerprint density at radius 1 is 1.09 bits per heavy atom. The van der Waals surface area contributed by atoms with Crippen molar-refractivity contribution in [3.05, 3.63) is 76.7 Å². The van der Waals surface area contributed by atoms with Gasteiger partial charge in [-0.05, 0) is 42.0 Å². The monoisotopic (exact) mass is 444 g/mol. The summed E-state index contributed by atoms with van der Waals surface area (Å²) in [6, 6.07) is 13.4. The smallest absolute Gasteiger partial charge is 0.254 e. The van der Waals surface area contributed by atoms with Gasteiger partial charge in [-0.25, -0.2) is 0 Å². The summed E-state index contributed by atoms with van der Waals surface area (Å²) in [7, 11) is 0. The van der Waals surface area contributed by atoms with Gasteiger partial charge in [-0.15, -0.1) is 0 Å². The van der Waals surface area contributed by atoms with E-state index in [9.17, 15) is 9.59 Å². The van der Waals surface area contributed by atoms with Crippen LogP contribution >= 0.6 is 0 Å². The van der Waals surface area contributed by atoms with Gasteiger partial charge in [0, 0.05) is 54.8 Å². The van der Waals surface area contributed by atoms with E-state index in [2.05, 4.69) is 15.3 Å². The first kappa shape index (κ1) is 22.5. The molecule has 5 rings (SSSR count). The number of pyridine rings is 1. The normalized spacial score (nSPS) is 15.6. The van der Waals surface area contributed by atoms with Gasteiger partial charge in [-0.2, -0.15) is 0 Å². The Bertz CT molecular complexity index is 1190. The van der Waals surface area contributed by atoms with Crippen LogP contribution in [0, 0.1) is 0 Å². The van der Waals surface area contributed by atoms with Gasteiger partial charge in [0.1, 0.15) is 0 Å². The molecule has 0 unspecified atom stereocenters. The highest BCUT2D eigenvalue weighted by Gasteiger charge is 2.20. The highest BCUT2D eigenvalue weighted by molar-refractivity contribution is 5.98. The molecule has 170 valence electrons. The highest BCUT2D eigenvalue weighted by Crippen LogP contribution is 2.24. The molecule has 2 N–H and O–H groups in total. The zero-order chi connectivity index (χ0) is 21.9. The van der Waals surface area contributed by atoms with Gasteiger partial charge >= 0.3 is 0 Å². The van der Waals surface area contributed by atoms with Crippen LogP contribution in [0.25, 0.3) is 23.4 Å². The van der Waals surface area contributed by atoms with Gasteiger partial charge in [0.25, 0.3) is 11.8 Å². The third kappa shape index (κ3) is 4.88. The molecule has 1 saturated heterocycles. The fraction of sp³-hybridized carbons (Fsp3) is 0.269. The number of aromatic nitrogens is 2. The van der Waals surface area contributed by atoms with Crippen LogP contribution in [0.1, 0.15) is 45.1 Å². The zero-order valence-electron chi connectivity index (χ0n) is 17.6. The molecule has 2 aliphatic rings. The van der Waals surface area contributed by atoms with Crippen LogP contribution in [0.3, 0.4) is 0 Å². The van der Waals surface area contributed by atoms with Crippen molar-refractivity contribution in [1.82, 2.24) is 20.2 Å². The minimum atomic E-state index is -0.0329. The van der Waals surface area contributed by atoms with E-state index in [-0.39, 0.29) is 19.2 Å². The molecule has 0 bridgehead atoms. The van der Waals surface area contributed by atoms with Crippen molar-refractivity contribution in [2.45, 2.75) is 13.8 Å². The van der Waals surface area contributed by atoms with Crippen LogP contribution in [-0.4, -0.2) is 59.5 Å². The number of hydrogen-bond donors (Lipinski definition) is 2. The molecule has 4 heterocycles. The standard InChI is InChI=1S/C25H24N4O3.CH4/c30-24-21-16-23(28-22(21)7-9-27-24)18-6-8-26-20(15-18)5-4-17-2-1-3-19(14-17)25(31)29-10-12-32-13-11-29;/h1-6,8,14-16,28H,7,9-13H2,(H,27,30);1H4/b5-4+;. The first-order chi connectivity index (χ1) is 15.7. The summed E-state index contributed by atoms with van der Waals surface area (Å²) in [6.45, 7) is 3.08. The summed E-state index contributed by atoms with van der Waals surface area (Å²) in [5.74, 6) is -0.00199. The number of carbonyl (C=O) groups excluding carboxylic acids is 2. The maximum absolute atomic E-state index is 12.7. The van der Waals surface area contributed by atoms with E-state index < -0.39 is 0 Å². The van der Waals surface area contributed by atoms with Crippen LogP contribution in [-0.2, 0) is 11.2 Å². The predicted molar refractivity (Wildman–Crippen MR) is 129 cm³/mol. The molecule has 7 nitrogen and oxygen atoms in total. The second-order valence-electron chi connectivity index (χ2n) is 7.91. The average Bonchev–Trinajstić information content (AvgIpc) is 3.29. The van der Waals surface area contributed by atoms with E-state index in [0.717, 1.165) is 34.6 Å². The number of hydrogen-bond acceptors (Lipinski definition) is 4. The maximum Gasteiger partial charge on any atom is 0.254 e. The summed E-state index contributed by atoms with van der Waals surface area (Å²) in [5, 5.41) is 2.87. The maximum atomic E-state index is 12.7. The van der Waals surface area contributed by atoms with Gasteiger partial charge in [0.05, 0.1) is 24.5 Å². The summed E-state index contributed by atoms with van der Waals surface area (Å²) in [5.41, 5.74) is 5.96. The minimum Gasteiger partial charge on any atom is -0.378 e. The Morgan fingerprint density at radius 3 is 2.76 bits per heavy atom. The molecule has 0 radical (unpaired) electrons. The second-order valence-corrected chi connectivity index (χ2v) is 7.91. The van der Waals surface area contributed by atoms with Gasteiger partial charge < -0.3 is 19.9 Å². The third-order valence-corrected chi connectivity index (χ3v) is 5.78. The van der Waals surface area contributed by atoms with Crippen LogP contribution in [0.2, 0.25) is 0 Å². The van der Waals surface area contributed by atoms with E-state index in [1.807, 2.05) is 59.5 Å². The van der Waals surface area contributed by atoms with Gasteiger partial charge in [-0.3, -0.25) is 14.6 Å². The number of nitrogens with zero attached hydrogens (tertiary/aromatic N) is 2. The summed E-state index contributed by atoms with van der Waals surface area (Å²) in [4.78, 5) is 34.4. The van der Waals surface area contributed by atoms with Crippen molar-refractivity contribution in [3.63, 3.8) is 0 Å². The molecule has 2 aliphatic heterocycles. The second kappa shape index (κ2) is 9.83. The Morgan fingerprint density at radius 2 is 1.94 bits per heavy atom. The van der Waals surface area contributed by atoms with Gasteiger partial charge in [0.15, 0.2) is 0 Å². The van der Waals surface area contributed by atoms with Crippen molar-refractivity contribution >= 4 is 24.0 Å². The fourth-order valence-corrected chi connectivity index (χ4v) is 4.06. The number of rotatable bonds is 4. The largest absolute Gasteiger partial charge is 0.378 e. The van der Waals surface area contributed by atoms with Gasteiger partial charge in [-0.1, -0.05) is 25.6 Å². The number of H-pyrrole nitrogens is 1. The van der Waals surface area contributed by atoms with Crippen LogP contribution in [0.4, 0.5) is 0 Å². The molecular formula is C26H28N4O3. The molecule has 0 saturated carbocycles. The summed E-state index contributed by atoms with van der Waals surface area (Å²) < 4.78 is 5.33. The van der Waals surface area contributed by atoms with E-state index in [0.29, 0.717) is 44.0 Å². The number of amides is 2. The Balaban J connectivity index is 0.00000259. The van der Waals surface area contributed by atoms with Crippen LogP contribution in [0.5, 0.6) is 0 Å². The topological polar surface area (TPSA) is 87.3 Å². The van der Waals surface area contributed by atoms with E-state index >= 15 is 0 Å². The fourth-order valence-electron chi connectivity index (χ4n) is 4.06. The molecule has 0 spiro atoms. The molecule has 0 atom stereocenters. The molecule has 3 aromatic rings. The van der Waals surface area contributed by atoms with Crippen LogP contribution in [0.15, 0.2) is 48.7 Å². The Labute approximate surface area is 193 Å². The molecular weight excluding hydrogens is 416 g/mol. The first-order valence-electron chi connectivity index (χ1n) is 10.8. The quantitative estimate of drug-likeness (QED) is 0.643. The van der Waals surface area contributed by atoms with Crippen molar-refractivity contribution in [2.24, 2.45) is 0 Å². The molecule has 1 fully saturated rings. The molecule has 1 aromatic carbocycles. The van der Waals surface area contributed by atoms with Crippen molar-refractivity contribution in [2.75, 3.05) is 32.8 Å². The van der Waals surface area contributed by atoms with E-state index in [4.69, 9.17) is 4.74 Å². The number of aromatic amines is 1. The lowest BCUT2D eigenvalue weighted by molar-refractivity contribution is 0.0303. The molecule has 2 aromatic heterocycles. The summed E-state index contributed by atoms with van der Waals surface area (Å²) >= 11 is 0. The van der Waals surface area contributed by atoms with Crippen molar-refractivity contribution < 1.29 is 14.3 Å². The lowest BCUT2D eigenvalue weighted by Crippen LogP contribution is -2.40. The number of ether oxygens (including phenoxy) is 1. The van der Waals surface area contributed by atoms with E-state index in [1.165, 1.54) is 0 Å². The first-order valence-corrected chi connectivity index (χ1v) is 10.8. The lowest BCUT2D eigenvalue weighted by Gasteiger charge is -2.26. The lowest BCUT2D eigenvalue weighted by atomic mass is 10.1.